The van der Waals surface area contributed by atoms with Gasteiger partial charge in [0.05, 0.1) is 6.26 Å². The van der Waals surface area contributed by atoms with E-state index in [1.165, 1.54) is 17.2 Å². The zero-order valence-corrected chi connectivity index (χ0v) is 13.9. The van der Waals surface area contributed by atoms with Gasteiger partial charge in [-0.15, -0.1) is 6.58 Å². The first-order chi connectivity index (χ1) is 11.0. The number of nitrogens with zero attached hydrogens (tertiary/aromatic N) is 1. The molecule has 0 saturated heterocycles. The van der Waals surface area contributed by atoms with Crippen LogP contribution < -0.4 is 0 Å². The van der Waals surface area contributed by atoms with Gasteiger partial charge in [-0.1, -0.05) is 59.6 Å². The summed E-state index contributed by atoms with van der Waals surface area (Å²) in [5.74, 6) is -0.491. The standard InChI is InChI=1S/C17H17Cl2NO3/c1-2-10-20(12-13-7-4-3-5-8-13)16(22)17(18,19)15(21)14-9-6-11-23-14/h2-9,11,15,21H,1,10,12H2. The highest BCUT2D eigenvalue weighted by atomic mass is 35.5. The maximum atomic E-state index is 12.7. The number of amides is 1. The molecule has 2 aromatic rings. The topological polar surface area (TPSA) is 53.7 Å². The SMILES string of the molecule is C=CCN(Cc1ccccc1)C(=O)C(Cl)(Cl)C(O)c1ccco1. The quantitative estimate of drug-likeness (QED) is 0.609. The summed E-state index contributed by atoms with van der Waals surface area (Å²) < 4.78 is 3.02. The highest BCUT2D eigenvalue weighted by Crippen LogP contribution is 2.38. The van der Waals surface area contributed by atoms with Gasteiger partial charge in [-0.2, -0.15) is 0 Å². The highest BCUT2D eigenvalue weighted by Gasteiger charge is 2.46. The number of halogens is 2. The minimum atomic E-state index is -2.06. The molecule has 4 nitrogen and oxygen atoms in total. The summed E-state index contributed by atoms with van der Waals surface area (Å²) in [6, 6.07) is 12.5. The number of carbonyl (C=O) groups is 1. The predicted octanol–water partition coefficient (Wildman–Crippen LogP) is 3.70. The lowest BCUT2D eigenvalue weighted by Gasteiger charge is -2.30. The Hall–Kier alpha value is -1.75. The van der Waals surface area contributed by atoms with E-state index >= 15 is 0 Å². The minimum Gasteiger partial charge on any atom is -0.466 e. The molecule has 0 spiro atoms. The van der Waals surface area contributed by atoms with E-state index in [2.05, 4.69) is 6.58 Å². The van der Waals surface area contributed by atoms with Crippen molar-refractivity contribution in [1.29, 1.82) is 0 Å². The van der Waals surface area contributed by atoms with Gasteiger partial charge in [0.1, 0.15) is 5.76 Å². The van der Waals surface area contributed by atoms with E-state index < -0.39 is 16.3 Å². The number of benzene rings is 1. The van der Waals surface area contributed by atoms with Crippen molar-refractivity contribution in [1.82, 2.24) is 4.90 Å². The van der Waals surface area contributed by atoms with Crippen molar-refractivity contribution in [3.8, 4) is 0 Å². The van der Waals surface area contributed by atoms with E-state index in [1.807, 2.05) is 30.3 Å². The van der Waals surface area contributed by atoms with E-state index in [0.29, 0.717) is 6.54 Å². The molecule has 0 saturated carbocycles. The van der Waals surface area contributed by atoms with Gasteiger partial charge < -0.3 is 14.4 Å². The second kappa shape index (κ2) is 7.68. The van der Waals surface area contributed by atoms with Crippen LogP contribution in [0, 0.1) is 0 Å². The molecule has 122 valence electrons. The average molecular weight is 354 g/mol. The fourth-order valence-electron chi connectivity index (χ4n) is 2.13. The Morgan fingerprint density at radius 3 is 2.57 bits per heavy atom. The predicted molar refractivity (Wildman–Crippen MR) is 90.2 cm³/mol. The smallest absolute Gasteiger partial charge is 0.262 e. The fraction of sp³-hybridized carbons (Fsp3) is 0.235. The molecule has 1 aromatic carbocycles. The van der Waals surface area contributed by atoms with Crippen LogP contribution in [0.5, 0.6) is 0 Å². The maximum absolute atomic E-state index is 12.7. The third-order valence-corrected chi connectivity index (χ3v) is 4.03. The molecule has 23 heavy (non-hydrogen) atoms. The maximum Gasteiger partial charge on any atom is 0.262 e. The molecular formula is C17H17Cl2NO3. The van der Waals surface area contributed by atoms with Crippen molar-refractivity contribution < 1.29 is 14.3 Å². The van der Waals surface area contributed by atoms with Crippen molar-refractivity contribution in [2.75, 3.05) is 6.54 Å². The Morgan fingerprint density at radius 2 is 2.00 bits per heavy atom. The Morgan fingerprint density at radius 1 is 1.30 bits per heavy atom. The first kappa shape index (κ1) is 17.6. The van der Waals surface area contributed by atoms with Crippen LogP contribution in [-0.2, 0) is 11.3 Å². The van der Waals surface area contributed by atoms with Crippen LogP contribution in [0.15, 0.2) is 65.8 Å². The zero-order valence-electron chi connectivity index (χ0n) is 12.4. The molecule has 0 aliphatic carbocycles. The van der Waals surface area contributed by atoms with Gasteiger partial charge in [0.25, 0.3) is 5.91 Å². The number of rotatable bonds is 7. The van der Waals surface area contributed by atoms with Crippen LogP contribution in [0.25, 0.3) is 0 Å². The van der Waals surface area contributed by atoms with E-state index in [9.17, 15) is 9.90 Å². The Balaban J connectivity index is 2.20. The fourth-order valence-corrected chi connectivity index (χ4v) is 2.59. The zero-order chi connectivity index (χ0) is 16.9. The summed E-state index contributed by atoms with van der Waals surface area (Å²) in [5, 5.41) is 10.3. The molecule has 1 atom stereocenters. The van der Waals surface area contributed by atoms with Gasteiger partial charge in [-0.25, -0.2) is 0 Å². The summed E-state index contributed by atoms with van der Waals surface area (Å²) >= 11 is 12.3. The number of furan rings is 1. The molecule has 0 aliphatic heterocycles. The summed E-state index contributed by atoms with van der Waals surface area (Å²) in [6.07, 6.45) is 1.47. The molecule has 1 heterocycles. The van der Waals surface area contributed by atoms with Gasteiger partial charge in [0, 0.05) is 13.1 Å². The van der Waals surface area contributed by atoms with Crippen LogP contribution in [0.2, 0.25) is 0 Å². The lowest BCUT2D eigenvalue weighted by molar-refractivity contribution is -0.134. The second-order valence-corrected chi connectivity index (χ2v) is 6.39. The van der Waals surface area contributed by atoms with Crippen molar-refractivity contribution in [2.45, 2.75) is 17.0 Å². The molecule has 1 amide bonds. The number of alkyl halides is 2. The van der Waals surface area contributed by atoms with E-state index in [-0.39, 0.29) is 12.3 Å². The van der Waals surface area contributed by atoms with E-state index in [1.54, 1.807) is 12.1 Å². The molecule has 0 bridgehead atoms. The summed E-state index contributed by atoms with van der Waals surface area (Å²) in [7, 11) is 0. The summed E-state index contributed by atoms with van der Waals surface area (Å²) in [6.45, 7) is 4.19. The Labute approximate surface area is 144 Å². The van der Waals surface area contributed by atoms with Gasteiger partial charge in [0.2, 0.25) is 4.33 Å². The molecule has 6 heteroatoms. The van der Waals surface area contributed by atoms with Crippen LogP contribution >= 0.6 is 23.2 Å². The lowest BCUT2D eigenvalue weighted by Crippen LogP contribution is -2.45. The Kier molecular flexibility index (Phi) is 5.88. The molecular weight excluding hydrogens is 337 g/mol. The van der Waals surface area contributed by atoms with Crippen molar-refractivity contribution in [3.05, 3.63) is 72.7 Å². The van der Waals surface area contributed by atoms with Gasteiger partial charge in [0.15, 0.2) is 6.10 Å². The number of hydrogen-bond donors (Lipinski definition) is 1. The number of hydrogen-bond acceptors (Lipinski definition) is 3. The highest BCUT2D eigenvalue weighted by molar-refractivity contribution is 6.58. The molecule has 2 rings (SSSR count). The van der Waals surface area contributed by atoms with Gasteiger partial charge in [-0.05, 0) is 17.7 Å². The van der Waals surface area contributed by atoms with Crippen LogP contribution in [0.3, 0.4) is 0 Å². The summed E-state index contributed by atoms with van der Waals surface area (Å²) in [5.41, 5.74) is 0.916. The largest absolute Gasteiger partial charge is 0.466 e. The average Bonchev–Trinajstić information content (AvgIpc) is 3.08. The second-order valence-electron chi connectivity index (χ2n) is 5.00. The molecule has 0 fully saturated rings. The van der Waals surface area contributed by atoms with E-state index in [4.69, 9.17) is 27.6 Å². The lowest BCUT2D eigenvalue weighted by atomic mass is 10.1. The normalized spacial score (nSPS) is 12.7. The van der Waals surface area contributed by atoms with Crippen LogP contribution in [0.1, 0.15) is 17.4 Å². The summed E-state index contributed by atoms with van der Waals surface area (Å²) in [4.78, 5) is 14.1. The van der Waals surface area contributed by atoms with Crippen molar-refractivity contribution >= 4 is 29.1 Å². The number of aliphatic hydroxyl groups is 1. The van der Waals surface area contributed by atoms with Gasteiger partial charge >= 0.3 is 0 Å². The molecule has 0 aliphatic rings. The van der Waals surface area contributed by atoms with Crippen LogP contribution in [-0.4, -0.2) is 26.8 Å². The van der Waals surface area contributed by atoms with E-state index in [0.717, 1.165) is 5.56 Å². The van der Waals surface area contributed by atoms with Crippen molar-refractivity contribution in [2.24, 2.45) is 0 Å². The molecule has 1 unspecified atom stereocenters. The minimum absolute atomic E-state index is 0.126. The first-order valence-electron chi connectivity index (χ1n) is 7.00. The van der Waals surface area contributed by atoms with Crippen LogP contribution in [0.4, 0.5) is 0 Å². The van der Waals surface area contributed by atoms with Gasteiger partial charge in [-0.3, -0.25) is 4.79 Å². The first-order valence-corrected chi connectivity index (χ1v) is 7.76. The monoisotopic (exact) mass is 353 g/mol. The third-order valence-electron chi connectivity index (χ3n) is 3.29. The molecule has 1 N–H and O–H groups in total. The molecule has 0 radical (unpaired) electrons. The number of carbonyl (C=O) groups excluding carboxylic acids is 1. The third kappa shape index (κ3) is 4.16. The molecule has 1 aromatic heterocycles. The Bertz CT molecular complexity index is 641. The van der Waals surface area contributed by atoms with Crippen molar-refractivity contribution in [3.63, 3.8) is 0 Å². The number of aliphatic hydroxyl groups excluding tert-OH is 1.